The monoisotopic (exact) mass is 253 g/mol. The van der Waals surface area contributed by atoms with Crippen LogP contribution in [0.15, 0.2) is 0 Å². The van der Waals surface area contributed by atoms with Gasteiger partial charge in [-0.15, -0.1) is 0 Å². The maximum Gasteiger partial charge on any atom is 0.905 e. The standard InChI is InChI=1S/3C4H9O.Al.Li/c3*1-2-3-4-5;;/h3*2-4H2,1H3;;/q3*-1;+3;. The normalized spacial score (nSPS) is 10.1. The van der Waals surface area contributed by atoms with E-state index >= 15 is 0 Å². The molecule has 0 rings (SSSR count). The average molecular weight is 253 g/mol. The first-order valence-electron chi connectivity index (χ1n) is 6.69. The van der Waals surface area contributed by atoms with Gasteiger partial charge in [-0.05, 0) is 19.3 Å². The predicted octanol–water partition coefficient (Wildman–Crippen LogP) is 3.04. The fourth-order valence-electron chi connectivity index (χ4n) is 1.12. The number of hydrogen-bond acceptors (Lipinski definition) is 3. The largest absolute Gasteiger partial charge is 0.905 e. The Bertz CT molecular complexity index is 115. The Kier molecular flexibility index (Phi) is 20.3. The first-order valence-corrected chi connectivity index (χ1v) is 8.11. The molecule has 0 N–H and O–H groups in total. The van der Waals surface area contributed by atoms with Crippen molar-refractivity contribution in [3.63, 3.8) is 0 Å². The molecule has 0 amide bonds. The number of rotatable bonds is 12. The van der Waals surface area contributed by atoms with E-state index in [1.165, 1.54) is 0 Å². The fourth-order valence-corrected chi connectivity index (χ4v) is 2.48. The Morgan fingerprint density at radius 3 is 1.18 bits per heavy atom. The van der Waals surface area contributed by atoms with E-state index in [1.54, 1.807) is 0 Å². The summed E-state index contributed by atoms with van der Waals surface area (Å²) in [6.07, 6.45) is 6.76. The SMILES string of the molecule is CCCC[O][Al]([O]CCCC)[O]CCCC.[Li]. The first-order chi connectivity index (χ1) is 7.85. The summed E-state index contributed by atoms with van der Waals surface area (Å²) in [4.78, 5) is 0. The maximum absolute atomic E-state index is 5.67. The fraction of sp³-hybridized carbons (Fsp3) is 1.00. The van der Waals surface area contributed by atoms with Crippen molar-refractivity contribution in [2.24, 2.45) is 0 Å². The molecular weight excluding hydrogens is 226 g/mol. The van der Waals surface area contributed by atoms with E-state index in [1.807, 2.05) is 0 Å². The smallest absolute Gasteiger partial charge is 0.454 e. The second-order valence-electron chi connectivity index (χ2n) is 3.96. The molecule has 0 aromatic heterocycles. The van der Waals surface area contributed by atoms with Crippen LogP contribution in [0, 0.1) is 0 Å². The van der Waals surface area contributed by atoms with Crippen molar-refractivity contribution in [1.29, 1.82) is 0 Å². The van der Waals surface area contributed by atoms with Crippen LogP contribution in [0.25, 0.3) is 0 Å². The molecule has 0 atom stereocenters. The van der Waals surface area contributed by atoms with E-state index in [-0.39, 0.29) is 18.9 Å². The van der Waals surface area contributed by atoms with Gasteiger partial charge in [-0.3, -0.25) is 0 Å². The Balaban J connectivity index is 0. The zero-order valence-electron chi connectivity index (χ0n) is 12.2. The van der Waals surface area contributed by atoms with Gasteiger partial charge in [-0.1, -0.05) is 40.0 Å². The topological polar surface area (TPSA) is 27.7 Å². The van der Waals surface area contributed by atoms with Gasteiger partial charge < -0.3 is 11.4 Å². The van der Waals surface area contributed by atoms with Crippen molar-refractivity contribution in [1.82, 2.24) is 0 Å². The van der Waals surface area contributed by atoms with Gasteiger partial charge >= 0.3 is 15.1 Å². The van der Waals surface area contributed by atoms with Crippen LogP contribution >= 0.6 is 0 Å². The number of hydrogen-bond donors (Lipinski definition) is 0. The van der Waals surface area contributed by atoms with Crippen LogP contribution in [0.5, 0.6) is 0 Å². The predicted molar refractivity (Wildman–Crippen MR) is 74.1 cm³/mol. The molecule has 0 aliphatic carbocycles. The molecular formula is C12H27AlLiO3. The summed E-state index contributed by atoms with van der Waals surface area (Å²) in [6.45, 7) is 8.84. The second kappa shape index (κ2) is 17.0. The molecule has 0 unspecified atom stereocenters. The van der Waals surface area contributed by atoms with Crippen LogP contribution in [0.4, 0.5) is 0 Å². The Morgan fingerprint density at radius 1 is 0.647 bits per heavy atom. The Hall–Kier alpha value is 1.01. The minimum absolute atomic E-state index is 0. The van der Waals surface area contributed by atoms with E-state index < -0.39 is 15.1 Å². The molecule has 1 radical (unpaired) electrons. The zero-order valence-corrected chi connectivity index (χ0v) is 13.3. The van der Waals surface area contributed by atoms with Crippen LogP contribution in [-0.4, -0.2) is 53.8 Å². The third kappa shape index (κ3) is 15.0. The van der Waals surface area contributed by atoms with Crippen LogP contribution in [0.2, 0.25) is 0 Å². The summed E-state index contributed by atoms with van der Waals surface area (Å²) >= 11 is -1.83. The van der Waals surface area contributed by atoms with Crippen molar-refractivity contribution in [2.45, 2.75) is 59.3 Å². The van der Waals surface area contributed by atoms with Crippen LogP contribution in [0.3, 0.4) is 0 Å². The van der Waals surface area contributed by atoms with Crippen molar-refractivity contribution >= 4 is 34.0 Å². The van der Waals surface area contributed by atoms with Crippen molar-refractivity contribution < 1.29 is 11.4 Å². The molecule has 0 fully saturated rings. The summed E-state index contributed by atoms with van der Waals surface area (Å²) < 4.78 is 17.0. The Labute approximate surface area is 124 Å². The minimum Gasteiger partial charge on any atom is -0.454 e. The van der Waals surface area contributed by atoms with Crippen LogP contribution in [-0.2, 0) is 11.4 Å². The Morgan fingerprint density at radius 2 is 0.941 bits per heavy atom. The van der Waals surface area contributed by atoms with Crippen LogP contribution in [0.1, 0.15) is 59.3 Å². The van der Waals surface area contributed by atoms with Gasteiger partial charge in [0.25, 0.3) is 0 Å². The van der Waals surface area contributed by atoms with Crippen LogP contribution < -0.4 is 0 Å². The molecule has 0 aliphatic rings. The molecule has 17 heavy (non-hydrogen) atoms. The maximum atomic E-state index is 5.67. The van der Waals surface area contributed by atoms with Crippen molar-refractivity contribution in [3.05, 3.63) is 0 Å². The quantitative estimate of drug-likeness (QED) is 0.395. The minimum atomic E-state index is -1.83. The summed E-state index contributed by atoms with van der Waals surface area (Å²) in [5, 5.41) is 0. The molecule has 5 heteroatoms. The third-order valence-corrected chi connectivity index (χ3v) is 3.78. The van der Waals surface area contributed by atoms with E-state index in [2.05, 4.69) is 20.8 Å². The average Bonchev–Trinajstić information content (AvgIpc) is 2.29. The third-order valence-electron chi connectivity index (χ3n) is 2.26. The van der Waals surface area contributed by atoms with Gasteiger partial charge in [0, 0.05) is 38.7 Å². The molecule has 3 nitrogen and oxygen atoms in total. The molecule has 0 heterocycles. The molecule has 0 aliphatic heterocycles. The number of unbranched alkanes of at least 4 members (excludes halogenated alkanes) is 3. The second-order valence-corrected chi connectivity index (χ2v) is 5.54. The zero-order chi connectivity index (χ0) is 12.1. The summed E-state index contributed by atoms with van der Waals surface area (Å²) in [5.41, 5.74) is 0. The van der Waals surface area contributed by atoms with Gasteiger partial charge in [0.05, 0.1) is 0 Å². The molecule has 0 spiro atoms. The van der Waals surface area contributed by atoms with E-state index in [0.717, 1.165) is 58.3 Å². The van der Waals surface area contributed by atoms with Crippen molar-refractivity contribution in [2.75, 3.05) is 19.8 Å². The molecule has 0 saturated carbocycles. The van der Waals surface area contributed by atoms with E-state index in [9.17, 15) is 0 Å². The first kappa shape index (κ1) is 20.3. The molecule has 0 aromatic rings. The summed E-state index contributed by atoms with van der Waals surface area (Å²) in [6, 6.07) is 0. The van der Waals surface area contributed by atoms with E-state index in [0.29, 0.717) is 0 Å². The van der Waals surface area contributed by atoms with Gasteiger partial charge in [0.1, 0.15) is 0 Å². The van der Waals surface area contributed by atoms with E-state index in [4.69, 9.17) is 11.4 Å². The van der Waals surface area contributed by atoms with Gasteiger partial charge in [-0.2, -0.15) is 0 Å². The van der Waals surface area contributed by atoms with Gasteiger partial charge in [-0.25, -0.2) is 0 Å². The van der Waals surface area contributed by atoms with Gasteiger partial charge in [0.15, 0.2) is 0 Å². The molecule has 0 saturated heterocycles. The van der Waals surface area contributed by atoms with Gasteiger partial charge in [0.2, 0.25) is 0 Å². The molecule has 97 valence electrons. The molecule has 0 aromatic carbocycles. The summed E-state index contributed by atoms with van der Waals surface area (Å²) in [7, 11) is 0. The molecule has 0 bridgehead atoms. The van der Waals surface area contributed by atoms with Crippen molar-refractivity contribution in [3.8, 4) is 0 Å². The summed E-state index contributed by atoms with van der Waals surface area (Å²) in [5.74, 6) is 0.